The molecule has 0 aliphatic carbocycles. The van der Waals surface area contributed by atoms with Gasteiger partial charge in [-0.3, -0.25) is 4.79 Å². The van der Waals surface area contributed by atoms with Crippen LogP contribution in [0.5, 0.6) is 0 Å². The van der Waals surface area contributed by atoms with Crippen molar-refractivity contribution in [1.82, 2.24) is 0 Å². The minimum Gasteiger partial charge on any atom is -0.404 e. The smallest absolute Gasteiger partial charge is 0.193 e. The molecule has 3 rings (SSSR count). The Morgan fingerprint density at radius 1 is 1.12 bits per heavy atom. The van der Waals surface area contributed by atoms with E-state index >= 15 is 0 Å². The lowest BCUT2D eigenvalue weighted by molar-refractivity contribution is -0.288. The Bertz CT molecular complexity index is 610. The standard InChI is InChI=1S/C19H28O5Si/c1-19(2,3)25(4,5)24-16-14(20)11-21-15-12-22-18(23-17(15)16)13-9-7-6-8-10-13/h6-10,15-18H,11-12H2,1-5H3/t15-,16-,17?,18-/m1/s1. The number of hydrogen-bond donors (Lipinski definition) is 0. The fraction of sp³-hybridized carbons (Fsp3) is 0.632. The molecule has 2 aliphatic heterocycles. The Morgan fingerprint density at radius 2 is 1.80 bits per heavy atom. The monoisotopic (exact) mass is 364 g/mol. The van der Waals surface area contributed by atoms with Gasteiger partial charge in [-0.05, 0) is 18.1 Å². The Balaban J connectivity index is 1.81. The molecule has 1 aromatic rings. The lowest BCUT2D eigenvalue weighted by atomic mass is 10.0. The molecule has 0 N–H and O–H groups in total. The number of fused-ring (bicyclic) bond motifs is 1. The van der Waals surface area contributed by atoms with Gasteiger partial charge in [-0.25, -0.2) is 0 Å². The van der Waals surface area contributed by atoms with Crippen LogP contribution in [0.2, 0.25) is 18.1 Å². The van der Waals surface area contributed by atoms with E-state index in [1.165, 1.54) is 0 Å². The van der Waals surface area contributed by atoms with Gasteiger partial charge in [0.05, 0.1) is 6.61 Å². The van der Waals surface area contributed by atoms with Crippen molar-refractivity contribution in [2.45, 2.75) is 63.5 Å². The molecule has 1 aromatic carbocycles. The molecule has 2 saturated heterocycles. The number of ketones is 1. The zero-order chi connectivity index (χ0) is 18.2. The summed E-state index contributed by atoms with van der Waals surface area (Å²) >= 11 is 0. The van der Waals surface area contributed by atoms with Crippen LogP contribution in [0.15, 0.2) is 30.3 Å². The third kappa shape index (κ3) is 3.88. The molecule has 0 aromatic heterocycles. The lowest BCUT2D eigenvalue weighted by Gasteiger charge is -2.46. The van der Waals surface area contributed by atoms with Gasteiger partial charge in [-0.15, -0.1) is 0 Å². The summed E-state index contributed by atoms with van der Waals surface area (Å²) < 4.78 is 24.0. The van der Waals surface area contributed by atoms with Crippen molar-refractivity contribution in [2.75, 3.05) is 13.2 Å². The average molecular weight is 365 g/mol. The average Bonchev–Trinajstić information content (AvgIpc) is 2.57. The summed E-state index contributed by atoms with van der Waals surface area (Å²) in [5.41, 5.74) is 0.935. The van der Waals surface area contributed by atoms with Gasteiger partial charge in [0.1, 0.15) is 24.9 Å². The molecular formula is C19H28O5Si. The van der Waals surface area contributed by atoms with Crippen LogP contribution in [0.1, 0.15) is 32.6 Å². The molecule has 6 heteroatoms. The van der Waals surface area contributed by atoms with E-state index in [2.05, 4.69) is 33.9 Å². The zero-order valence-corrected chi connectivity index (χ0v) is 16.7. The second-order valence-corrected chi connectivity index (χ2v) is 13.0. The van der Waals surface area contributed by atoms with Gasteiger partial charge in [0.15, 0.2) is 20.4 Å². The highest BCUT2D eigenvalue weighted by Crippen LogP contribution is 2.40. The van der Waals surface area contributed by atoms with Gasteiger partial charge < -0.3 is 18.6 Å². The van der Waals surface area contributed by atoms with Gasteiger partial charge in [-0.1, -0.05) is 51.1 Å². The molecule has 2 fully saturated rings. The molecule has 2 aliphatic rings. The number of benzene rings is 1. The van der Waals surface area contributed by atoms with E-state index in [9.17, 15) is 4.79 Å². The Hall–Kier alpha value is -1.05. The first-order chi connectivity index (χ1) is 11.7. The first kappa shape index (κ1) is 18.7. The molecule has 0 bridgehead atoms. The Morgan fingerprint density at radius 3 is 2.44 bits per heavy atom. The molecule has 138 valence electrons. The van der Waals surface area contributed by atoms with E-state index in [1.54, 1.807) is 0 Å². The largest absolute Gasteiger partial charge is 0.404 e. The fourth-order valence-electron chi connectivity index (χ4n) is 2.82. The number of hydrogen-bond acceptors (Lipinski definition) is 5. The van der Waals surface area contributed by atoms with E-state index in [-0.39, 0.29) is 23.5 Å². The van der Waals surface area contributed by atoms with E-state index < -0.39 is 26.8 Å². The van der Waals surface area contributed by atoms with Gasteiger partial charge in [0.2, 0.25) is 0 Å². The lowest BCUT2D eigenvalue weighted by Crippen LogP contribution is -2.60. The molecule has 0 amide bonds. The van der Waals surface area contributed by atoms with Gasteiger partial charge in [0.25, 0.3) is 0 Å². The molecule has 4 atom stereocenters. The topological polar surface area (TPSA) is 54.0 Å². The van der Waals surface area contributed by atoms with Crippen molar-refractivity contribution in [3.05, 3.63) is 35.9 Å². The Kier molecular flexibility index (Phi) is 5.19. The maximum atomic E-state index is 12.5. The molecule has 25 heavy (non-hydrogen) atoms. The minimum absolute atomic E-state index is 0.0189. The predicted molar refractivity (Wildman–Crippen MR) is 96.8 cm³/mol. The highest BCUT2D eigenvalue weighted by molar-refractivity contribution is 6.74. The fourth-order valence-corrected chi connectivity index (χ4v) is 4.08. The summed E-state index contributed by atoms with van der Waals surface area (Å²) in [6.07, 6.45) is -1.79. The molecule has 2 heterocycles. The second kappa shape index (κ2) is 6.93. The zero-order valence-electron chi connectivity index (χ0n) is 15.7. The number of carbonyl (C=O) groups is 1. The van der Waals surface area contributed by atoms with Crippen LogP contribution in [0, 0.1) is 0 Å². The Labute approximate surface area is 150 Å². The van der Waals surface area contributed by atoms with Gasteiger partial charge >= 0.3 is 0 Å². The SMILES string of the molecule is CC(C)(C)[Si](C)(C)O[C@@H]1C(=O)CO[C@@H]2CO[C@@H](c3ccccc3)OC12. The third-order valence-corrected chi connectivity index (χ3v) is 9.87. The van der Waals surface area contributed by atoms with Crippen LogP contribution in [0.4, 0.5) is 0 Å². The van der Waals surface area contributed by atoms with Gasteiger partial charge in [-0.2, -0.15) is 0 Å². The summed E-state index contributed by atoms with van der Waals surface area (Å²) in [6.45, 7) is 11.3. The number of carbonyl (C=O) groups excluding carboxylic acids is 1. The van der Waals surface area contributed by atoms with Crippen molar-refractivity contribution in [3.63, 3.8) is 0 Å². The first-order valence-electron chi connectivity index (χ1n) is 8.83. The van der Waals surface area contributed by atoms with Crippen molar-refractivity contribution in [3.8, 4) is 0 Å². The maximum absolute atomic E-state index is 12.5. The number of Topliss-reactive ketones (excluding diaryl/α,β-unsaturated/α-hetero) is 1. The van der Waals surface area contributed by atoms with Gasteiger partial charge in [0, 0.05) is 5.56 Å². The molecule has 0 saturated carbocycles. The molecule has 1 unspecified atom stereocenters. The predicted octanol–water partition coefficient (Wildman–Crippen LogP) is 3.46. The number of ether oxygens (including phenoxy) is 3. The second-order valence-electron chi connectivity index (χ2n) is 8.29. The number of rotatable bonds is 3. The summed E-state index contributed by atoms with van der Waals surface area (Å²) in [5, 5.41) is 0.0189. The minimum atomic E-state index is -2.11. The summed E-state index contributed by atoms with van der Waals surface area (Å²) in [7, 11) is -2.11. The van der Waals surface area contributed by atoms with E-state index in [1.807, 2.05) is 30.3 Å². The highest BCUT2D eigenvalue weighted by Gasteiger charge is 2.50. The van der Waals surface area contributed by atoms with E-state index in [0.717, 1.165) is 5.56 Å². The van der Waals surface area contributed by atoms with Crippen LogP contribution in [0.3, 0.4) is 0 Å². The van der Waals surface area contributed by atoms with Crippen molar-refractivity contribution in [2.24, 2.45) is 0 Å². The van der Waals surface area contributed by atoms with Crippen LogP contribution in [-0.2, 0) is 23.4 Å². The first-order valence-corrected chi connectivity index (χ1v) is 11.7. The summed E-state index contributed by atoms with van der Waals surface area (Å²) in [5.74, 6) is -0.0419. The third-order valence-electron chi connectivity index (χ3n) is 5.41. The van der Waals surface area contributed by atoms with Crippen LogP contribution in [-0.4, -0.2) is 45.6 Å². The van der Waals surface area contributed by atoms with E-state index in [0.29, 0.717) is 6.61 Å². The van der Waals surface area contributed by atoms with Crippen LogP contribution in [0.25, 0.3) is 0 Å². The van der Waals surface area contributed by atoms with Crippen molar-refractivity contribution in [1.29, 1.82) is 0 Å². The van der Waals surface area contributed by atoms with Crippen LogP contribution < -0.4 is 0 Å². The van der Waals surface area contributed by atoms with Crippen LogP contribution >= 0.6 is 0 Å². The molecular weight excluding hydrogens is 336 g/mol. The summed E-state index contributed by atoms with van der Waals surface area (Å²) in [4.78, 5) is 12.5. The summed E-state index contributed by atoms with van der Waals surface area (Å²) in [6, 6.07) is 9.76. The van der Waals surface area contributed by atoms with Crippen molar-refractivity contribution < 1.29 is 23.4 Å². The van der Waals surface area contributed by atoms with E-state index in [4.69, 9.17) is 18.6 Å². The normalized spacial score (nSPS) is 30.8. The highest BCUT2D eigenvalue weighted by atomic mass is 28.4. The maximum Gasteiger partial charge on any atom is 0.193 e. The molecule has 5 nitrogen and oxygen atoms in total. The van der Waals surface area contributed by atoms with Crippen molar-refractivity contribution >= 4 is 14.1 Å². The quantitative estimate of drug-likeness (QED) is 0.769. The molecule has 0 radical (unpaired) electrons. The molecule has 0 spiro atoms.